The Labute approximate surface area is 411 Å². The van der Waals surface area contributed by atoms with E-state index in [1.807, 2.05) is 141 Å². The number of aldehydes is 1. The van der Waals surface area contributed by atoms with E-state index in [4.69, 9.17) is 33.0 Å². The average Bonchev–Trinajstić information content (AvgIpc) is 4.19. The Morgan fingerprint density at radius 2 is 1.51 bits per heavy atom. The highest BCUT2D eigenvalue weighted by atomic mass is 16.8. The second kappa shape index (κ2) is 20.0. The van der Waals surface area contributed by atoms with Gasteiger partial charge in [-0.05, 0) is 65.4 Å². The summed E-state index contributed by atoms with van der Waals surface area (Å²) in [7, 11) is 3.02. The van der Waals surface area contributed by atoms with Gasteiger partial charge in [-0.2, -0.15) is 4.73 Å². The number of amides is 1. The number of aromatic nitrogens is 2. The van der Waals surface area contributed by atoms with Crippen molar-refractivity contribution in [1.82, 2.24) is 14.6 Å². The van der Waals surface area contributed by atoms with Crippen LogP contribution in [0.1, 0.15) is 59.2 Å². The molecule has 360 valence electrons. The Hall–Kier alpha value is -8.20. The van der Waals surface area contributed by atoms with E-state index in [9.17, 15) is 9.59 Å². The van der Waals surface area contributed by atoms with Crippen molar-refractivity contribution in [3.63, 3.8) is 0 Å². The maximum absolute atomic E-state index is 14.7. The Kier molecular flexibility index (Phi) is 13.1. The topological polar surface area (TPSA) is 139 Å². The number of benzene rings is 6. The molecule has 8 aromatic rings. The van der Waals surface area contributed by atoms with Gasteiger partial charge < -0.3 is 42.7 Å². The van der Waals surface area contributed by atoms with Crippen LogP contribution in [0, 0.1) is 0 Å². The van der Waals surface area contributed by atoms with E-state index in [0.29, 0.717) is 29.2 Å². The molecule has 4 heterocycles. The number of hydrogen-bond acceptors (Lipinski definition) is 12. The minimum absolute atomic E-state index is 0.00606. The molecule has 1 amide bonds. The first-order chi connectivity index (χ1) is 34.7. The van der Waals surface area contributed by atoms with Crippen LogP contribution in [-0.2, 0) is 49.0 Å². The summed E-state index contributed by atoms with van der Waals surface area (Å²) in [6, 6.07) is 47.2. The van der Waals surface area contributed by atoms with Gasteiger partial charge in [-0.1, -0.05) is 133 Å². The molecule has 71 heavy (non-hydrogen) atoms. The van der Waals surface area contributed by atoms with Gasteiger partial charge in [0, 0.05) is 48.0 Å². The lowest BCUT2D eigenvalue weighted by Crippen LogP contribution is -2.45. The van der Waals surface area contributed by atoms with Crippen LogP contribution in [0.15, 0.2) is 168 Å². The summed E-state index contributed by atoms with van der Waals surface area (Å²) in [4.78, 5) is 48.2. The lowest BCUT2D eigenvalue weighted by Gasteiger charge is -2.34. The number of anilines is 1. The van der Waals surface area contributed by atoms with Gasteiger partial charge in [-0.3, -0.25) is 4.90 Å². The zero-order valence-electron chi connectivity index (χ0n) is 39.9. The lowest BCUT2D eigenvalue weighted by atomic mass is 9.75. The molecule has 10 rings (SSSR count). The number of oxime groups is 1. The fraction of sp³-hybridized carbons (Fsp3) is 0.228. The van der Waals surface area contributed by atoms with Crippen LogP contribution in [0.2, 0.25) is 0 Å². The van der Waals surface area contributed by atoms with Crippen LogP contribution < -0.4 is 14.5 Å². The molecule has 0 N–H and O–H groups in total. The third-order valence-corrected chi connectivity index (χ3v) is 13.1. The quantitative estimate of drug-likeness (QED) is 0.0373. The number of carbonyl (C=O) groups is 2. The smallest absolute Gasteiger partial charge is 0.412 e. The molecule has 0 saturated carbocycles. The number of rotatable bonds is 17. The molecule has 0 radical (unpaired) electrons. The monoisotopic (exact) mass is 951 g/mol. The molecule has 14 nitrogen and oxygen atoms in total. The fourth-order valence-corrected chi connectivity index (χ4v) is 9.86. The van der Waals surface area contributed by atoms with Crippen LogP contribution in [0.5, 0.6) is 5.75 Å². The van der Waals surface area contributed by atoms with E-state index in [1.165, 1.54) is 13.3 Å². The second-order valence-corrected chi connectivity index (χ2v) is 17.9. The fourth-order valence-electron chi connectivity index (χ4n) is 9.86. The average molecular weight is 952 g/mol. The highest BCUT2D eigenvalue weighted by Crippen LogP contribution is 2.53. The number of carbonyl (C=O) groups excluding carboxylic acids is 2. The highest BCUT2D eigenvalue weighted by Gasteiger charge is 2.49. The minimum Gasteiger partial charge on any atom is -0.489 e. The van der Waals surface area contributed by atoms with Crippen molar-refractivity contribution in [3.8, 4) is 28.2 Å². The Morgan fingerprint density at radius 1 is 0.803 bits per heavy atom. The maximum atomic E-state index is 14.7. The number of para-hydroxylation sites is 1. The molecule has 1 fully saturated rings. The third kappa shape index (κ3) is 9.10. The number of ether oxygens (including phenoxy) is 4. The maximum Gasteiger partial charge on any atom is 0.412 e. The molecule has 2 atom stereocenters. The molecule has 1 saturated heterocycles. The van der Waals surface area contributed by atoms with Crippen molar-refractivity contribution in [3.05, 3.63) is 197 Å². The van der Waals surface area contributed by atoms with Gasteiger partial charge >= 0.3 is 6.09 Å². The summed E-state index contributed by atoms with van der Waals surface area (Å²) in [5, 5.41) is 4.67. The first kappa shape index (κ1) is 46.5. The molecule has 2 aliphatic heterocycles. The Balaban J connectivity index is 1.15. The lowest BCUT2D eigenvalue weighted by molar-refractivity contribution is -0.111. The summed E-state index contributed by atoms with van der Waals surface area (Å²) < 4.78 is 32.3. The van der Waals surface area contributed by atoms with Gasteiger partial charge in [0.15, 0.2) is 5.76 Å². The Bertz CT molecular complexity index is 3190. The van der Waals surface area contributed by atoms with Crippen molar-refractivity contribution in [2.45, 2.75) is 50.8 Å². The van der Waals surface area contributed by atoms with Crippen molar-refractivity contribution in [1.29, 1.82) is 0 Å². The normalized spacial score (nSPS) is 17.2. The molecule has 0 aliphatic carbocycles. The van der Waals surface area contributed by atoms with E-state index in [2.05, 4.69) is 39.3 Å². The number of nitrogens with zero attached hydrogens (tertiary/aromatic N) is 5. The molecular weight excluding hydrogens is 899 g/mol. The molecular formula is C57H53N5O9. The zero-order valence-corrected chi connectivity index (χ0v) is 39.9. The van der Waals surface area contributed by atoms with Crippen molar-refractivity contribution in [2.24, 2.45) is 5.16 Å². The minimum atomic E-state index is -1.28. The van der Waals surface area contributed by atoms with Gasteiger partial charge in [-0.25, -0.2) is 9.78 Å². The van der Waals surface area contributed by atoms with Crippen molar-refractivity contribution >= 4 is 35.2 Å². The summed E-state index contributed by atoms with van der Waals surface area (Å²) in [5.41, 5.74) is 6.90. The van der Waals surface area contributed by atoms with Crippen molar-refractivity contribution in [2.75, 3.05) is 39.1 Å². The zero-order chi connectivity index (χ0) is 49.0. The molecule has 0 spiro atoms. The van der Waals surface area contributed by atoms with Gasteiger partial charge in [0.1, 0.15) is 44.3 Å². The van der Waals surface area contributed by atoms with E-state index in [-0.39, 0.29) is 39.0 Å². The third-order valence-electron chi connectivity index (χ3n) is 13.1. The molecule has 14 heteroatoms. The van der Waals surface area contributed by atoms with Crippen LogP contribution >= 0.6 is 0 Å². The van der Waals surface area contributed by atoms with Crippen LogP contribution in [0.4, 0.5) is 10.5 Å². The van der Waals surface area contributed by atoms with Gasteiger partial charge in [-0.15, -0.1) is 0 Å². The summed E-state index contributed by atoms with van der Waals surface area (Å²) in [6.45, 7) is 5.03. The van der Waals surface area contributed by atoms with Crippen LogP contribution in [0.25, 0.3) is 33.4 Å². The molecule has 2 aromatic heterocycles. The molecule has 2 aliphatic rings. The van der Waals surface area contributed by atoms with E-state index in [0.717, 1.165) is 61.8 Å². The number of methoxy groups -OCH3 is 1. The number of fused-ring (bicyclic) bond motifs is 2. The standard InChI is InChI=1S/C57H53N5O9/c1-56(2)62(55(64)68-34-41-20-12-7-13-21-41)49(35-69-56)42-26-27-50(67-33-40-18-10-6-11-19-40)47(28-42)57(37-63)36-60(31-39-16-8-5-9-17-39)54-44(23-14-24-46(54)57)43-22-15-25-48-53(43)45(32-61(48)70-38-65-3)51-29-58-52(71-51)30-59-66-4/h5-30,32,37,49H,31,33-36,38H2,1-4H3/b59-30-/t49-,57-/m1/s1. The first-order valence-corrected chi connectivity index (χ1v) is 23.3. The largest absolute Gasteiger partial charge is 0.489 e. The SMILES string of the molecule is COCOn1cc(-c2cnc(/C=N\OC)o2)c2c(-c3cccc4c3N(Cc3ccccc3)C[C@]4(C=O)c3cc([C@H]4COC(C)(C)N4C(=O)OCc4ccccc4)ccc3OCc3ccccc3)cccc21. The molecule has 6 aromatic carbocycles. The molecule has 0 unspecified atom stereocenters. The predicted molar refractivity (Wildman–Crippen MR) is 269 cm³/mol. The van der Waals surface area contributed by atoms with Gasteiger partial charge in [0.25, 0.3) is 0 Å². The summed E-state index contributed by atoms with van der Waals surface area (Å²) in [6.07, 6.45) is 5.43. The van der Waals surface area contributed by atoms with E-state index in [1.54, 1.807) is 22.9 Å². The van der Waals surface area contributed by atoms with Crippen LogP contribution in [0.3, 0.4) is 0 Å². The van der Waals surface area contributed by atoms with Gasteiger partial charge in [0.05, 0.1) is 36.0 Å². The summed E-state index contributed by atoms with van der Waals surface area (Å²) in [5.74, 6) is 1.27. The summed E-state index contributed by atoms with van der Waals surface area (Å²) >= 11 is 0. The second-order valence-electron chi connectivity index (χ2n) is 17.9. The van der Waals surface area contributed by atoms with E-state index >= 15 is 0 Å². The Morgan fingerprint density at radius 3 is 2.23 bits per heavy atom. The number of hydrogen-bond donors (Lipinski definition) is 0. The highest BCUT2D eigenvalue weighted by molar-refractivity contribution is 6.08. The molecule has 0 bridgehead atoms. The van der Waals surface area contributed by atoms with E-state index < -0.39 is 23.3 Å². The van der Waals surface area contributed by atoms with Gasteiger partial charge in [0.2, 0.25) is 12.7 Å². The first-order valence-electron chi connectivity index (χ1n) is 23.3. The number of oxazole rings is 1. The van der Waals surface area contributed by atoms with Crippen molar-refractivity contribution < 1.29 is 42.6 Å². The predicted octanol–water partition coefficient (Wildman–Crippen LogP) is 10.5. The van der Waals surface area contributed by atoms with Crippen LogP contribution in [-0.4, -0.2) is 73.1 Å².